The first-order valence-corrected chi connectivity index (χ1v) is 10.0. The number of nitrogens with zero attached hydrogens (tertiary/aromatic N) is 2. The van der Waals surface area contributed by atoms with E-state index in [1.165, 1.54) is 6.07 Å². The number of fused-ring (bicyclic) bond motifs is 1. The van der Waals surface area contributed by atoms with Crippen LogP contribution in [-0.4, -0.2) is 22.2 Å². The average Bonchev–Trinajstić information content (AvgIpc) is 3.25. The van der Waals surface area contributed by atoms with Crippen molar-refractivity contribution in [1.82, 2.24) is 15.2 Å². The van der Waals surface area contributed by atoms with Gasteiger partial charge in [0.15, 0.2) is 11.6 Å². The summed E-state index contributed by atoms with van der Waals surface area (Å²) >= 11 is 3.41. The number of aryl methyl sites for hydroxylation is 1. The van der Waals surface area contributed by atoms with Crippen molar-refractivity contribution in [1.29, 1.82) is 0 Å². The van der Waals surface area contributed by atoms with Crippen LogP contribution in [0.4, 0.5) is 14.6 Å². The van der Waals surface area contributed by atoms with Gasteiger partial charge >= 0.3 is 0 Å². The smallest absolute Gasteiger partial charge is 0.242 e. The summed E-state index contributed by atoms with van der Waals surface area (Å²) in [6.45, 7) is 1.84. The molecule has 0 atom stereocenters. The van der Waals surface area contributed by atoms with Gasteiger partial charge in [-0.1, -0.05) is 33.2 Å². The van der Waals surface area contributed by atoms with Gasteiger partial charge in [0, 0.05) is 23.2 Å². The Morgan fingerprint density at radius 1 is 1.26 bits per heavy atom. The third kappa shape index (κ3) is 4.92. The fraction of sp³-hybridized carbons (Fsp3) is 0.143. The Bertz CT molecular complexity index is 1250. The number of anilines is 1. The molecule has 2 aromatic carbocycles. The van der Waals surface area contributed by atoms with Crippen LogP contribution in [0, 0.1) is 18.6 Å². The van der Waals surface area contributed by atoms with Gasteiger partial charge in [0.25, 0.3) is 0 Å². The highest BCUT2D eigenvalue weighted by molar-refractivity contribution is 9.10. The lowest BCUT2D eigenvalue weighted by atomic mass is 10.2. The minimum absolute atomic E-state index is 0.108. The van der Waals surface area contributed by atoms with Gasteiger partial charge in [0.05, 0.1) is 17.1 Å². The molecule has 160 valence electrons. The maximum absolute atomic E-state index is 14.5. The normalized spacial score (nSPS) is 11.1. The number of carbonyl (C=O) groups is 1. The second-order valence-electron chi connectivity index (χ2n) is 6.83. The van der Waals surface area contributed by atoms with Crippen molar-refractivity contribution in [3.05, 3.63) is 76.1 Å². The number of hydroxylamine groups is 1. The number of rotatable bonds is 7. The van der Waals surface area contributed by atoms with E-state index in [0.717, 1.165) is 16.1 Å². The van der Waals surface area contributed by atoms with Crippen LogP contribution >= 0.6 is 15.9 Å². The summed E-state index contributed by atoms with van der Waals surface area (Å²) < 4.78 is 35.9. The summed E-state index contributed by atoms with van der Waals surface area (Å²) in [6.07, 6.45) is 1.56. The highest BCUT2D eigenvalue weighted by atomic mass is 79.9. The van der Waals surface area contributed by atoms with E-state index in [4.69, 9.17) is 9.36 Å². The predicted octanol–water partition coefficient (Wildman–Crippen LogP) is 4.55. The van der Waals surface area contributed by atoms with E-state index in [1.807, 2.05) is 24.3 Å². The minimum atomic E-state index is -0.762. The van der Waals surface area contributed by atoms with E-state index in [0.29, 0.717) is 17.8 Å². The van der Waals surface area contributed by atoms with Gasteiger partial charge in [-0.05, 0) is 30.7 Å². The first-order valence-electron chi connectivity index (χ1n) is 9.24. The second kappa shape index (κ2) is 8.86. The number of halogens is 3. The number of carbonyl (C=O) groups excluding carboxylic acids is 1. The molecule has 2 heterocycles. The molecule has 31 heavy (non-hydrogen) atoms. The van der Waals surface area contributed by atoms with Crippen molar-refractivity contribution in [2.45, 2.75) is 13.5 Å². The molecule has 0 radical (unpaired) electrons. The Labute approximate surface area is 184 Å². The van der Waals surface area contributed by atoms with Crippen molar-refractivity contribution in [2.75, 3.05) is 11.9 Å². The van der Waals surface area contributed by atoms with E-state index in [-0.39, 0.29) is 23.5 Å². The zero-order valence-corrected chi connectivity index (χ0v) is 17.9. The fourth-order valence-corrected chi connectivity index (χ4v) is 3.58. The predicted molar refractivity (Wildman–Crippen MR) is 114 cm³/mol. The van der Waals surface area contributed by atoms with Gasteiger partial charge < -0.3 is 19.2 Å². The summed E-state index contributed by atoms with van der Waals surface area (Å²) in [7, 11) is 0. The highest BCUT2D eigenvalue weighted by Gasteiger charge is 2.17. The number of hydrogen-bond donors (Lipinski definition) is 2. The van der Waals surface area contributed by atoms with Crippen molar-refractivity contribution in [2.24, 2.45) is 0 Å². The molecular formula is C21H17BrF2N4O3. The molecule has 4 rings (SSSR count). The Hall–Kier alpha value is -3.24. The van der Waals surface area contributed by atoms with E-state index < -0.39 is 17.5 Å². The third-order valence-electron chi connectivity index (χ3n) is 4.42. The number of aromatic nitrogens is 2. The van der Waals surface area contributed by atoms with Crippen LogP contribution in [0.1, 0.15) is 11.3 Å². The lowest BCUT2D eigenvalue weighted by molar-refractivity contribution is -0.116. The maximum Gasteiger partial charge on any atom is 0.242 e. The van der Waals surface area contributed by atoms with E-state index in [2.05, 4.69) is 31.9 Å². The fourth-order valence-electron chi connectivity index (χ4n) is 3.14. The molecule has 2 N–H and O–H groups in total. The van der Waals surface area contributed by atoms with Gasteiger partial charge in [0.2, 0.25) is 5.91 Å². The summed E-state index contributed by atoms with van der Waals surface area (Å²) in [5.41, 5.74) is 3.76. The largest absolute Gasteiger partial charge is 0.406 e. The molecule has 0 fully saturated rings. The summed E-state index contributed by atoms with van der Waals surface area (Å²) in [5, 5.41) is 6.30. The molecule has 0 aliphatic heterocycles. The van der Waals surface area contributed by atoms with Gasteiger partial charge in [-0.25, -0.2) is 8.78 Å². The van der Waals surface area contributed by atoms with Crippen LogP contribution in [0.3, 0.4) is 0 Å². The van der Waals surface area contributed by atoms with Crippen LogP contribution in [-0.2, 0) is 11.3 Å². The van der Waals surface area contributed by atoms with E-state index in [1.54, 1.807) is 23.8 Å². The highest BCUT2D eigenvalue weighted by Crippen LogP contribution is 2.32. The number of amides is 1. The molecule has 0 saturated heterocycles. The second-order valence-corrected chi connectivity index (χ2v) is 7.74. The first-order chi connectivity index (χ1) is 14.9. The molecule has 7 nitrogen and oxygen atoms in total. The molecule has 0 spiro atoms. The first kappa shape index (κ1) is 21.0. The molecule has 2 aromatic heterocycles. The lowest BCUT2D eigenvalue weighted by Crippen LogP contribution is -2.30. The van der Waals surface area contributed by atoms with Gasteiger partial charge in [0.1, 0.15) is 23.9 Å². The van der Waals surface area contributed by atoms with Crippen LogP contribution in [0.25, 0.3) is 10.9 Å². The topological polar surface area (TPSA) is 81.3 Å². The molecule has 0 saturated carbocycles. The monoisotopic (exact) mass is 490 g/mol. The van der Waals surface area contributed by atoms with Gasteiger partial charge in [-0.3, -0.25) is 4.79 Å². The Morgan fingerprint density at radius 2 is 2.10 bits per heavy atom. The Kier molecular flexibility index (Phi) is 6.01. The average molecular weight is 491 g/mol. The zero-order valence-electron chi connectivity index (χ0n) is 16.3. The molecule has 0 aliphatic carbocycles. The van der Waals surface area contributed by atoms with Crippen molar-refractivity contribution < 1.29 is 22.9 Å². The third-order valence-corrected chi connectivity index (χ3v) is 4.91. The van der Waals surface area contributed by atoms with Crippen molar-refractivity contribution in [3.63, 3.8) is 0 Å². The molecule has 0 bridgehead atoms. The lowest BCUT2D eigenvalue weighted by Gasteiger charge is -2.06. The summed E-state index contributed by atoms with van der Waals surface area (Å²) in [4.78, 5) is 17.4. The molecular weight excluding hydrogens is 474 g/mol. The van der Waals surface area contributed by atoms with Crippen molar-refractivity contribution in [3.8, 4) is 5.75 Å². The van der Waals surface area contributed by atoms with Crippen molar-refractivity contribution >= 4 is 38.6 Å². The number of nitrogens with one attached hydrogen (secondary N) is 2. The minimum Gasteiger partial charge on any atom is -0.406 e. The Morgan fingerprint density at radius 3 is 2.84 bits per heavy atom. The standard InChI is InChI=1S/C21H17BrF2N4O3/c1-12-5-19(27-30-12)26-20(29)9-25-31-18-11-28(10-13-3-2-4-14(22)6-13)17-8-15(23)7-16(24)21(17)18/h2-8,11,25H,9-10H2,1H3,(H,26,27,29). The van der Waals surface area contributed by atoms with Crippen LogP contribution < -0.4 is 15.6 Å². The Balaban J connectivity index is 1.52. The van der Waals surface area contributed by atoms with Crippen LogP contribution in [0.15, 0.2) is 57.7 Å². The molecule has 0 unspecified atom stereocenters. The van der Waals surface area contributed by atoms with Crippen LogP contribution in [0.2, 0.25) is 0 Å². The van der Waals surface area contributed by atoms with E-state index >= 15 is 0 Å². The molecule has 10 heteroatoms. The van der Waals surface area contributed by atoms with Crippen LogP contribution in [0.5, 0.6) is 5.75 Å². The summed E-state index contributed by atoms with van der Waals surface area (Å²) in [6, 6.07) is 11.2. The number of hydrogen-bond acceptors (Lipinski definition) is 5. The molecule has 0 aliphatic rings. The maximum atomic E-state index is 14.5. The molecule has 1 amide bonds. The van der Waals surface area contributed by atoms with Gasteiger partial charge in [-0.2, -0.15) is 0 Å². The molecule has 4 aromatic rings. The summed E-state index contributed by atoms with van der Waals surface area (Å²) in [5.74, 6) is -0.926. The number of benzene rings is 2. The van der Waals surface area contributed by atoms with Gasteiger partial charge in [-0.15, -0.1) is 5.48 Å². The quantitative estimate of drug-likeness (QED) is 0.371. The zero-order chi connectivity index (χ0) is 22.0. The SMILES string of the molecule is Cc1cc(NC(=O)CNOc2cn(Cc3cccc(Br)c3)c3cc(F)cc(F)c23)no1. The van der Waals surface area contributed by atoms with E-state index in [9.17, 15) is 13.6 Å².